The van der Waals surface area contributed by atoms with Crippen molar-refractivity contribution in [1.82, 2.24) is 26.6 Å². The second kappa shape index (κ2) is 86.2. The van der Waals surface area contributed by atoms with Crippen molar-refractivity contribution in [2.24, 2.45) is 23.0 Å². The van der Waals surface area contributed by atoms with E-state index in [0.29, 0.717) is 84.6 Å². The van der Waals surface area contributed by atoms with Crippen LogP contribution in [-0.2, 0) is 110 Å². The number of Topliss-reactive ketones (excluding diaryl/α,β-unsaturated/α-hetero) is 5. The zero-order valence-corrected chi connectivity index (χ0v) is 74.7. The Morgan fingerprint density at radius 2 is 0.694 bits per heavy atom. The fourth-order valence-corrected chi connectivity index (χ4v) is 10.7. The maximum atomic E-state index is 12.3. The number of carbonyl (C=O) groups is 15. The monoisotopic (exact) mass is 1740 g/mol. The Morgan fingerprint density at radius 1 is 0.331 bits per heavy atom. The van der Waals surface area contributed by atoms with Crippen LogP contribution in [0.2, 0.25) is 0 Å². The second-order valence-electron chi connectivity index (χ2n) is 31.0. The van der Waals surface area contributed by atoms with Gasteiger partial charge in [0.1, 0.15) is 61.6 Å². The zero-order valence-electron chi connectivity index (χ0n) is 74.7. The third kappa shape index (κ3) is 93.2. The van der Waals surface area contributed by atoms with E-state index in [2.05, 4.69) is 33.5 Å². The van der Waals surface area contributed by atoms with Gasteiger partial charge in [-0.25, -0.2) is 4.79 Å². The molecule has 34 heteroatoms. The number of hydrogen-bond donors (Lipinski definition) is 11. The normalized spacial score (nSPS) is 11.9. The average molecular weight is 1740 g/mol. The first kappa shape index (κ1) is 120. The van der Waals surface area contributed by atoms with Crippen LogP contribution in [0.3, 0.4) is 0 Å². The zero-order chi connectivity index (χ0) is 91.4. The molecule has 0 aliphatic rings. The maximum Gasteiger partial charge on any atom is 0.326 e. The number of nitrogens with one attached hydrogen (secondary N) is 5. The number of amides is 5. The highest BCUT2D eigenvalue weighted by Gasteiger charge is 2.24. The van der Waals surface area contributed by atoms with Crippen LogP contribution >= 0.6 is 0 Å². The highest BCUT2D eigenvalue weighted by Crippen LogP contribution is 2.19. The molecule has 5 amide bonds. The summed E-state index contributed by atoms with van der Waals surface area (Å²) in [6.45, 7) is 19.5. The van der Waals surface area contributed by atoms with Crippen molar-refractivity contribution in [3.63, 3.8) is 0 Å². The van der Waals surface area contributed by atoms with Gasteiger partial charge in [0.25, 0.3) is 0 Å². The molecule has 0 radical (unpaired) electrons. The van der Waals surface area contributed by atoms with Gasteiger partial charge in [0.15, 0.2) is 5.78 Å². The Labute approximate surface area is 720 Å². The van der Waals surface area contributed by atoms with Crippen LogP contribution in [0.25, 0.3) is 0 Å². The van der Waals surface area contributed by atoms with Crippen LogP contribution in [0, 0.1) is 17.3 Å². The number of carboxylic acids is 5. The summed E-state index contributed by atoms with van der Waals surface area (Å²) in [6, 6.07) is -1.79. The predicted molar refractivity (Wildman–Crippen MR) is 457 cm³/mol. The number of nitrogens with two attached hydrogens (primary N) is 1. The molecular formula is C87H158N6O28. The predicted octanol–water partition coefficient (Wildman–Crippen LogP) is 10.2. The Kier molecular flexibility index (Phi) is 85.5. The van der Waals surface area contributed by atoms with Crippen LogP contribution in [-0.4, -0.2) is 258 Å². The number of aliphatic carboxylic acids is 5. The number of rotatable bonds is 82. The van der Waals surface area contributed by atoms with Crippen LogP contribution in [0.5, 0.6) is 0 Å². The van der Waals surface area contributed by atoms with Crippen molar-refractivity contribution in [1.29, 1.82) is 0 Å². The highest BCUT2D eigenvalue weighted by atomic mass is 16.5. The van der Waals surface area contributed by atoms with Crippen molar-refractivity contribution >= 4 is 88.3 Å². The molecule has 0 heterocycles. The number of ether oxygens (including phenoxy) is 8. The minimum absolute atomic E-state index is 0.00572. The summed E-state index contributed by atoms with van der Waals surface area (Å²) in [7, 11) is 0. The summed E-state index contributed by atoms with van der Waals surface area (Å²) in [4.78, 5) is 172. The number of carbonyl (C=O) groups excluding carboxylic acids is 10. The molecule has 0 spiro atoms. The number of ketones is 5. The molecular weight excluding hydrogens is 1580 g/mol. The van der Waals surface area contributed by atoms with Crippen molar-refractivity contribution in [3.8, 4) is 0 Å². The van der Waals surface area contributed by atoms with Crippen molar-refractivity contribution < 1.29 is 135 Å². The lowest BCUT2D eigenvalue weighted by Crippen LogP contribution is -2.41. The van der Waals surface area contributed by atoms with Gasteiger partial charge in [0, 0.05) is 109 Å². The fourth-order valence-electron chi connectivity index (χ4n) is 10.7. The third-order valence-corrected chi connectivity index (χ3v) is 18.9. The van der Waals surface area contributed by atoms with Gasteiger partial charge in [0.05, 0.1) is 72.0 Å². The van der Waals surface area contributed by atoms with Crippen LogP contribution < -0.4 is 32.3 Å². The summed E-state index contributed by atoms with van der Waals surface area (Å²) in [5.74, 6) is -6.59. The van der Waals surface area contributed by atoms with E-state index in [1.165, 1.54) is 0 Å². The molecule has 0 rings (SSSR count). The first-order chi connectivity index (χ1) is 57.7. The summed E-state index contributed by atoms with van der Waals surface area (Å²) in [5, 5.41) is 57.8. The molecule has 0 aliphatic heterocycles. The van der Waals surface area contributed by atoms with Gasteiger partial charge in [-0.2, -0.15) is 0 Å². The van der Waals surface area contributed by atoms with E-state index < -0.39 is 47.8 Å². The Morgan fingerprint density at radius 3 is 1.07 bits per heavy atom. The molecule has 0 fully saturated rings. The first-order valence-electron chi connectivity index (χ1n) is 44.1. The van der Waals surface area contributed by atoms with Crippen LogP contribution in [0.4, 0.5) is 0 Å². The molecule has 4 atom stereocenters. The van der Waals surface area contributed by atoms with E-state index in [9.17, 15) is 82.1 Å². The SMILES string of the molecule is CC(=O)C(C)(C)C.CC(=O)[C@@H](C)CCCCNC(=O)COCCOCCNC(=O)COCCOCCCC(=O)CC[C@H](NC(=O)CCCCCCCCCCCCC(=O)O)C(=O)O.CCCCNC(=O)COCCOCCCC(=O)COCCOCCNC(=O)CC[C@H](CC(=O)CCCCCCCCCCCCC(=O)O)C(=O)O.CC[C@H](N)C(=O)O. The molecule has 121 heavy (non-hydrogen) atoms. The van der Waals surface area contributed by atoms with Gasteiger partial charge in [-0.15, -0.1) is 0 Å². The topological polar surface area (TPSA) is 517 Å². The molecule has 0 saturated heterocycles. The lowest BCUT2D eigenvalue weighted by molar-refractivity contribution is -0.144. The van der Waals surface area contributed by atoms with Crippen molar-refractivity contribution in [3.05, 3.63) is 0 Å². The van der Waals surface area contributed by atoms with E-state index in [1.807, 2.05) is 27.7 Å². The quantitative estimate of drug-likeness (QED) is 0.0252. The summed E-state index contributed by atoms with van der Waals surface area (Å²) < 4.78 is 42.8. The molecule has 12 N–H and O–H groups in total. The van der Waals surface area contributed by atoms with Gasteiger partial charge in [0.2, 0.25) is 29.5 Å². The standard InChI is InChI=1S/C40H71N3O13.C37H66N2O12.C6H12O.C4H9NO2/c1-32(33(2)44)16-13-14-22-41-37(47)30-56-29-27-54-25-23-42-38(48)31-55-28-26-53-24-15-17-34(45)20-21-35(40(51)52)43-36(46)18-11-9-7-5-3-4-6-8-10-12-19-39(49)50;1-2-3-20-38-35(43)30-51-27-24-48-22-14-16-33(41)29-50-26-25-49-23-21-39-34(42)19-18-31(37(46)47)28-32(40)15-12-10-8-6-4-5-7-9-11-13-17-36(44)45;1-5(7)6(2,3)4;1-2-3(5)4(6)7/h32,35H,3-31H2,1-2H3,(H,41,47)(H,42,48)(H,43,46)(H,49,50)(H,51,52);31H,2-30H2,1H3,(H,38,43)(H,39,42)(H,44,45)(H,46,47);1-4H3;3H,2,5H2,1H3,(H,6,7)/t32-,35-;31-;;3-/m01.0/s1. The van der Waals surface area contributed by atoms with Gasteiger partial charge in [-0.1, -0.05) is 157 Å². The van der Waals surface area contributed by atoms with Crippen LogP contribution in [0.1, 0.15) is 306 Å². The minimum Gasteiger partial charge on any atom is -0.481 e. The fraction of sp³-hybridized carbons (Fsp3) is 0.828. The largest absolute Gasteiger partial charge is 0.481 e. The average Bonchev–Trinajstić information content (AvgIpc) is 0.935. The molecule has 0 aromatic rings. The summed E-state index contributed by atoms with van der Waals surface area (Å²) in [6.07, 6.45) is 27.3. The van der Waals surface area contributed by atoms with Crippen LogP contribution in [0.15, 0.2) is 0 Å². The molecule has 0 saturated carbocycles. The number of carboxylic acid groups (broad SMARTS) is 5. The van der Waals surface area contributed by atoms with Gasteiger partial charge in [-0.05, 0) is 90.9 Å². The molecule has 704 valence electrons. The maximum absolute atomic E-state index is 12.3. The Hall–Kier alpha value is -7.31. The van der Waals surface area contributed by atoms with Gasteiger partial charge in [-0.3, -0.25) is 67.1 Å². The molecule has 0 aromatic heterocycles. The molecule has 0 aliphatic carbocycles. The lowest BCUT2D eigenvalue weighted by atomic mass is 9.92. The molecule has 34 nitrogen and oxygen atoms in total. The molecule has 0 aromatic carbocycles. The molecule has 0 unspecified atom stereocenters. The van der Waals surface area contributed by atoms with E-state index in [4.69, 9.17) is 58.9 Å². The summed E-state index contributed by atoms with van der Waals surface area (Å²) in [5.41, 5.74) is 4.88. The van der Waals surface area contributed by atoms with Crippen molar-refractivity contribution in [2.75, 3.05) is 132 Å². The second-order valence-corrected chi connectivity index (χ2v) is 31.0. The van der Waals surface area contributed by atoms with E-state index >= 15 is 0 Å². The summed E-state index contributed by atoms with van der Waals surface area (Å²) >= 11 is 0. The van der Waals surface area contributed by atoms with E-state index in [1.54, 1.807) is 20.8 Å². The molecule has 0 bridgehead atoms. The van der Waals surface area contributed by atoms with Gasteiger partial charge < -0.3 is 95.7 Å². The lowest BCUT2D eigenvalue weighted by Gasteiger charge is -2.14. The smallest absolute Gasteiger partial charge is 0.326 e. The number of hydrogen-bond acceptors (Lipinski definition) is 24. The van der Waals surface area contributed by atoms with E-state index in [-0.39, 0.29) is 213 Å². The number of unbranched alkanes of at least 4 members (excludes halogenated alkanes) is 20. The third-order valence-electron chi connectivity index (χ3n) is 18.9. The minimum atomic E-state index is -1.17. The van der Waals surface area contributed by atoms with Gasteiger partial charge >= 0.3 is 29.8 Å². The van der Waals surface area contributed by atoms with Crippen molar-refractivity contribution in [2.45, 2.75) is 318 Å². The highest BCUT2D eigenvalue weighted by molar-refractivity contribution is 5.86. The van der Waals surface area contributed by atoms with E-state index in [0.717, 1.165) is 154 Å². The Bertz CT molecular complexity index is 2750. The Balaban J connectivity index is -0.000000974. The first-order valence-corrected chi connectivity index (χ1v) is 44.1.